The molecule has 0 fully saturated rings. The van der Waals surface area contributed by atoms with Crippen LogP contribution in [0.15, 0.2) is 30.3 Å². The van der Waals surface area contributed by atoms with Gasteiger partial charge in [-0.1, -0.05) is 24.6 Å². The first-order chi connectivity index (χ1) is 9.01. The van der Waals surface area contributed by atoms with Crippen LogP contribution in [0.25, 0.3) is 0 Å². The second kappa shape index (κ2) is 5.22. The monoisotopic (exact) mass is 258 g/mol. The molecular weight excluding hydrogens is 240 g/mol. The first-order valence-electron chi connectivity index (χ1n) is 6.33. The lowest BCUT2D eigenvalue weighted by Gasteiger charge is -2.11. The Morgan fingerprint density at radius 3 is 2.11 bits per heavy atom. The molecule has 3 nitrogen and oxygen atoms in total. The molecule has 0 atom stereocenters. The maximum atomic E-state index is 9.89. The van der Waals surface area contributed by atoms with Gasteiger partial charge in [0.15, 0.2) is 0 Å². The number of phenols is 3. The van der Waals surface area contributed by atoms with Gasteiger partial charge in [-0.3, -0.25) is 0 Å². The first kappa shape index (κ1) is 13.3. The summed E-state index contributed by atoms with van der Waals surface area (Å²) in [7, 11) is 0. The largest absolute Gasteiger partial charge is 0.508 e. The Balaban J connectivity index is 2.40. The van der Waals surface area contributed by atoms with Crippen LogP contribution in [-0.2, 0) is 12.8 Å². The van der Waals surface area contributed by atoms with Gasteiger partial charge in [-0.25, -0.2) is 0 Å². The van der Waals surface area contributed by atoms with Crippen LogP contribution in [0.4, 0.5) is 0 Å². The summed E-state index contributed by atoms with van der Waals surface area (Å²) >= 11 is 0. The first-order valence-corrected chi connectivity index (χ1v) is 6.33. The SMILES string of the molecule is CCc1cc(Cc2cc(C)ccc2O)c(O)cc1O. The molecule has 3 N–H and O–H groups in total. The minimum absolute atomic E-state index is 0.0515. The molecule has 0 aliphatic carbocycles. The minimum atomic E-state index is 0.0515. The highest BCUT2D eigenvalue weighted by molar-refractivity contribution is 5.49. The third-order valence-electron chi connectivity index (χ3n) is 3.28. The van der Waals surface area contributed by atoms with E-state index in [1.807, 2.05) is 26.0 Å². The van der Waals surface area contributed by atoms with Crippen molar-refractivity contribution < 1.29 is 15.3 Å². The summed E-state index contributed by atoms with van der Waals surface area (Å²) in [6.07, 6.45) is 1.13. The maximum Gasteiger partial charge on any atom is 0.122 e. The third-order valence-corrected chi connectivity index (χ3v) is 3.28. The fraction of sp³-hybridized carbons (Fsp3) is 0.250. The molecular formula is C16H18O3. The van der Waals surface area contributed by atoms with E-state index in [2.05, 4.69) is 0 Å². The lowest BCUT2D eigenvalue weighted by atomic mass is 9.98. The molecule has 0 unspecified atom stereocenters. The fourth-order valence-corrected chi connectivity index (χ4v) is 2.16. The van der Waals surface area contributed by atoms with E-state index in [1.54, 1.807) is 12.1 Å². The minimum Gasteiger partial charge on any atom is -0.508 e. The van der Waals surface area contributed by atoms with Crippen LogP contribution in [-0.4, -0.2) is 15.3 Å². The lowest BCUT2D eigenvalue weighted by molar-refractivity contribution is 0.442. The number of aryl methyl sites for hydroxylation is 2. The van der Waals surface area contributed by atoms with E-state index in [0.717, 1.165) is 16.7 Å². The standard InChI is InChI=1S/C16H18O3/c1-3-11-7-13(16(19)9-15(11)18)8-12-6-10(2)4-5-14(12)17/h4-7,9,17-19H,3,8H2,1-2H3. The van der Waals surface area contributed by atoms with Gasteiger partial charge in [0.25, 0.3) is 0 Å². The molecule has 0 radical (unpaired) electrons. The Kier molecular flexibility index (Phi) is 3.65. The average molecular weight is 258 g/mol. The molecule has 0 heterocycles. The van der Waals surface area contributed by atoms with Crippen LogP contribution in [0.2, 0.25) is 0 Å². The molecule has 0 spiro atoms. The van der Waals surface area contributed by atoms with Crippen LogP contribution in [0.1, 0.15) is 29.2 Å². The Hall–Kier alpha value is -2.16. The third kappa shape index (κ3) is 2.81. The van der Waals surface area contributed by atoms with Crippen LogP contribution in [0.3, 0.4) is 0 Å². The summed E-state index contributed by atoms with van der Waals surface area (Å²) in [6, 6.07) is 8.54. The van der Waals surface area contributed by atoms with Crippen LogP contribution < -0.4 is 0 Å². The fourth-order valence-electron chi connectivity index (χ4n) is 2.16. The van der Waals surface area contributed by atoms with Crippen LogP contribution in [0.5, 0.6) is 17.2 Å². The Morgan fingerprint density at radius 2 is 1.42 bits per heavy atom. The van der Waals surface area contributed by atoms with E-state index in [-0.39, 0.29) is 17.2 Å². The molecule has 2 aromatic carbocycles. The summed E-state index contributed by atoms with van der Waals surface area (Å²) in [6.45, 7) is 3.90. The van der Waals surface area contributed by atoms with Crippen LogP contribution >= 0.6 is 0 Å². The second-order valence-electron chi connectivity index (χ2n) is 4.77. The van der Waals surface area contributed by atoms with E-state index in [0.29, 0.717) is 18.4 Å². The summed E-state index contributed by atoms with van der Waals surface area (Å²) in [5.74, 6) is 0.379. The Morgan fingerprint density at radius 1 is 0.789 bits per heavy atom. The zero-order chi connectivity index (χ0) is 14.0. The quantitative estimate of drug-likeness (QED) is 0.792. The summed E-state index contributed by atoms with van der Waals surface area (Å²) in [5.41, 5.74) is 3.32. The number of hydrogen-bond donors (Lipinski definition) is 3. The van der Waals surface area contributed by atoms with Crippen molar-refractivity contribution in [3.63, 3.8) is 0 Å². The van der Waals surface area contributed by atoms with Gasteiger partial charge in [0.1, 0.15) is 17.2 Å². The van der Waals surface area contributed by atoms with Crippen molar-refractivity contribution in [1.29, 1.82) is 0 Å². The molecule has 2 rings (SSSR count). The molecule has 3 heteroatoms. The van der Waals surface area contributed by atoms with E-state index < -0.39 is 0 Å². The van der Waals surface area contributed by atoms with E-state index >= 15 is 0 Å². The smallest absolute Gasteiger partial charge is 0.122 e. The van der Waals surface area contributed by atoms with Gasteiger partial charge in [-0.15, -0.1) is 0 Å². The molecule has 0 saturated heterocycles. The van der Waals surface area contributed by atoms with Crippen molar-refractivity contribution in [1.82, 2.24) is 0 Å². The van der Waals surface area contributed by atoms with Gasteiger partial charge >= 0.3 is 0 Å². The Bertz CT molecular complexity index is 603. The Labute approximate surface area is 112 Å². The number of hydrogen-bond acceptors (Lipinski definition) is 3. The number of phenolic OH excluding ortho intramolecular Hbond substituents is 3. The summed E-state index contributed by atoms with van der Waals surface area (Å²) < 4.78 is 0. The van der Waals surface area contributed by atoms with Crippen molar-refractivity contribution >= 4 is 0 Å². The normalized spacial score (nSPS) is 10.6. The van der Waals surface area contributed by atoms with Gasteiger partial charge in [0.05, 0.1) is 0 Å². The highest BCUT2D eigenvalue weighted by Crippen LogP contribution is 2.31. The topological polar surface area (TPSA) is 60.7 Å². The van der Waals surface area contributed by atoms with Crippen molar-refractivity contribution in [2.75, 3.05) is 0 Å². The number of rotatable bonds is 3. The maximum absolute atomic E-state index is 9.89. The summed E-state index contributed by atoms with van der Waals surface area (Å²) in [4.78, 5) is 0. The van der Waals surface area contributed by atoms with Gasteiger partial charge in [-0.2, -0.15) is 0 Å². The molecule has 0 saturated carbocycles. The van der Waals surface area contributed by atoms with E-state index in [9.17, 15) is 15.3 Å². The van der Waals surface area contributed by atoms with Crippen LogP contribution in [0, 0.1) is 6.92 Å². The van der Waals surface area contributed by atoms with Gasteiger partial charge in [-0.05, 0) is 42.2 Å². The molecule has 100 valence electrons. The zero-order valence-electron chi connectivity index (χ0n) is 11.1. The molecule has 19 heavy (non-hydrogen) atoms. The molecule has 0 aromatic heterocycles. The number of benzene rings is 2. The van der Waals surface area contributed by atoms with Crippen molar-refractivity contribution in [3.05, 3.63) is 52.6 Å². The lowest BCUT2D eigenvalue weighted by Crippen LogP contribution is -1.93. The van der Waals surface area contributed by atoms with E-state index in [4.69, 9.17) is 0 Å². The van der Waals surface area contributed by atoms with Gasteiger partial charge in [0, 0.05) is 12.5 Å². The number of aromatic hydroxyl groups is 3. The molecule has 0 aliphatic heterocycles. The zero-order valence-corrected chi connectivity index (χ0v) is 11.1. The van der Waals surface area contributed by atoms with Crippen molar-refractivity contribution in [2.24, 2.45) is 0 Å². The molecule has 2 aromatic rings. The molecule has 0 bridgehead atoms. The predicted molar refractivity (Wildman–Crippen MR) is 74.8 cm³/mol. The highest BCUT2D eigenvalue weighted by atomic mass is 16.3. The summed E-state index contributed by atoms with van der Waals surface area (Å²) in [5, 5.41) is 29.4. The average Bonchev–Trinajstić information content (AvgIpc) is 2.37. The van der Waals surface area contributed by atoms with Gasteiger partial charge in [0.2, 0.25) is 0 Å². The van der Waals surface area contributed by atoms with Gasteiger partial charge < -0.3 is 15.3 Å². The van der Waals surface area contributed by atoms with Crippen molar-refractivity contribution in [3.8, 4) is 17.2 Å². The highest BCUT2D eigenvalue weighted by Gasteiger charge is 2.10. The van der Waals surface area contributed by atoms with Crippen molar-refractivity contribution in [2.45, 2.75) is 26.7 Å². The predicted octanol–water partition coefficient (Wildman–Crippen LogP) is 3.27. The molecule has 0 amide bonds. The molecule has 0 aliphatic rings. The second-order valence-corrected chi connectivity index (χ2v) is 4.77. The van der Waals surface area contributed by atoms with E-state index in [1.165, 1.54) is 6.07 Å².